The van der Waals surface area contributed by atoms with Crippen molar-refractivity contribution in [2.45, 2.75) is 30.3 Å². The summed E-state index contributed by atoms with van der Waals surface area (Å²) in [6.45, 7) is -2.41. The van der Waals surface area contributed by atoms with E-state index in [0.717, 1.165) is 6.08 Å². The van der Waals surface area contributed by atoms with Crippen LogP contribution in [0.25, 0.3) is 11.0 Å². The fourth-order valence-corrected chi connectivity index (χ4v) is 5.51. The molecule has 2 heterocycles. The van der Waals surface area contributed by atoms with Gasteiger partial charge in [0, 0.05) is 28.6 Å². The first kappa shape index (κ1) is 29.9. The van der Waals surface area contributed by atoms with E-state index >= 15 is 0 Å². The first-order valence-electron chi connectivity index (χ1n) is 13.1. The lowest BCUT2D eigenvalue weighted by Gasteiger charge is -2.40. The van der Waals surface area contributed by atoms with Gasteiger partial charge in [-0.1, -0.05) is 12.1 Å². The van der Waals surface area contributed by atoms with Gasteiger partial charge in [0.05, 0.1) is 32.8 Å². The van der Waals surface area contributed by atoms with Crippen LogP contribution >= 0.6 is 0 Å². The van der Waals surface area contributed by atoms with E-state index in [2.05, 4.69) is 5.32 Å². The molecule has 2 aromatic carbocycles. The van der Waals surface area contributed by atoms with Gasteiger partial charge in [0.25, 0.3) is 5.91 Å². The van der Waals surface area contributed by atoms with Crippen molar-refractivity contribution in [3.63, 3.8) is 0 Å². The van der Waals surface area contributed by atoms with Gasteiger partial charge in [0.2, 0.25) is 5.91 Å². The summed E-state index contributed by atoms with van der Waals surface area (Å²) in [5.74, 6) is -3.05. The molecule has 14 heteroatoms. The minimum absolute atomic E-state index is 0.0849. The summed E-state index contributed by atoms with van der Waals surface area (Å²) in [6, 6.07) is 7.09. The summed E-state index contributed by atoms with van der Waals surface area (Å²) in [6.07, 6.45) is -6.43. The molecule has 5 rings (SSSR count). The van der Waals surface area contributed by atoms with Crippen LogP contribution in [0.2, 0.25) is 0 Å². The lowest BCUT2D eigenvalue weighted by atomic mass is 9.77. The van der Waals surface area contributed by atoms with E-state index in [0.29, 0.717) is 16.6 Å². The van der Waals surface area contributed by atoms with Gasteiger partial charge in [-0.15, -0.1) is 0 Å². The number of aliphatic hydroxyl groups excluding tert-OH is 2. The number of hydrogen-bond acceptors (Lipinski definition) is 9. The molecule has 4 atom stereocenters. The van der Waals surface area contributed by atoms with Gasteiger partial charge in [0.1, 0.15) is 25.0 Å². The van der Waals surface area contributed by atoms with Crippen molar-refractivity contribution in [1.82, 2.24) is 10.2 Å². The van der Waals surface area contributed by atoms with Gasteiger partial charge in [-0.05, 0) is 30.3 Å². The number of benzene rings is 2. The number of hydrogen-bond donors (Lipinski definition) is 3. The van der Waals surface area contributed by atoms with Crippen LogP contribution in [0.15, 0.2) is 52.5 Å². The molecule has 3 aromatic rings. The minimum atomic E-state index is -4.91. The summed E-state index contributed by atoms with van der Waals surface area (Å²) < 4.78 is 64.0. The fourth-order valence-electron chi connectivity index (χ4n) is 5.51. The van der Waals surface area contributed by atoms with Crippen molar-refractivity contribution in [2.24, 2.45) is 0 Å². The third-order valence-electron chi connectivity index (χ3n) is 7.32. The molecule has 11 nitrogen and oxygen atoms in total. The van der Waals surface area contributed by atoms with Crippen LogP contribution in [-0.2, 0) is 4.79 Å². The summed E-state index contributed by atoms with van der Waals surface area (Å²) in [5.41, 5.74) is 0.453. The van der Waals surface area contributed by atoms with E-state index < -0.39 is 61.1 Å². The molecular weight excluding hydrogens is 577 g/mol. The zero-order valence-electron chi connectivity index (χ0n) is 22.9. The number of nitrogens with one attached hydrogen (secondary N) is 1. The summed E-state index contributed by atoms with van der Waals surface area (Å²) in [7, 11) is 2.68. The number of furan rings is 1. The Bertz CT molecular complexity index is 1600. The van der Waals surface area contributed by atoms with Gasteiger partial charge >= 0.3 is 6.18 Å². The number of carbonyl (C=O) groups excluding carboxylic acids is 3. The number of ether oxygens (including phenoxy) is 3. The molecule has 1 aliphatic carbocycles. The maximum Gasteiger partial charge on any atom is 0.406 e. The second kappa shape index (κ2) is 11.6. The molecule has 0 saturated carbocycles. The lowest BCUT2D eigenvalue weighted by Crippen LogP contribution is -2.57. The maximum absolute atomic E-state index is 13.9. The Balaban J connectivity index is 1.63. The molecule has 0 spiro atoms. The van der Waals surface area contributed by atoms with Crippen LogP contribution in [0.5, 0.6) is 17.2 Å². The Morgan fingerprint density at radius 2 is 1.88 bits per heavy atom. The van der Waals surface area contributed by atoms with E-state index in [1.54, 1.807) is 18.2 Å². The monoisotopic (exact) mass is 604 g/mol. The largest absolute Gasteiger partial charge is 0.493 e. The lowest BCUT2D eigenvalue weighted by molar-refractivity contribution is -0.149. The zero-order chi connectivity index (χ0) is 31.1. The number of carbonyl (C=O) groups is 3. The molecule has 3 N–H and O–H groups in total. The van der Waals surface area contributed by atoms with E-state index in [-0.39, 0.29) is 46.1 Å². The second-order valence-electron chi connectivity index (χ2n) is 9.94. The van der Waals surface area contributed by atoms with E-state index in [9.17, 15) is 37.8 Å². The molecule has 1 aromatic heterocycles. The van der Waals surface area contributed by atoms with Crippen LogP contribution < -0.4 is 19.5 Å². The summed E-state index contributed by atoms with van der Waals surface area (Å²) in [4.78, 5) is 39.0. The molecule has 1 aliphatic heterocycles. The number of fused-ring (bicyclic) bond motifs is 4. The Kier molecular flexibility index (Phi) is 8.08. The van der Waals surface area contributed by atoms with Crippen LogP contribution in [0.4, 0.5) is 13.2 Å². The molecule has 228 valence electrons. The van der Waals surface area contributed by atoms with Crippen LogP contribution in [0.1, 0.15) is 32.4 Å². The average Bonchev–Trinajstić information content (AvgIpc) is 3.60. The SMILES string of the molecule is COc1cc(C=O)cc2c1O[C@@H]1[C@@H](O)[C@H](N(CC(F)(F)F)C(=O)c3cc4cccc(OC)c4o3)C=C(C(=O)NCCO)[C@H]21. The van der Waals surface area contributed by atoms with E-state index in [4.69, 9.17) is 18.6 Å². The first-order valence-corrected chi connectivity index (χ1v) is 13.1. The van der Waals surface area contributed by atoms with E-state index in [1.165, 1.54) is 32.4 Å². The highest BCUT2D eigenvalue weighted by atomic mass is 19.4. The number of halogens is 3. The molecule has 0 bridgehead atoms. The molecule has 0 saturated heterocycles. The van der Waals surface area contributed by atoms with Gasteiger partial charge in [0.15, 0.2) is 28.6 Å². The van der Waals surface area contributed by atoms with Crippen molar-refractivity contribution in [2.75, 3.05) is 33.9 Å². The average molecular weight is 605 g/mol. The molecule has 0 radical (unpaired) electrons. The maximum atomic E-state index is 13.9. The summed E-state index contributed by atoms with van der Waals surface area (Å²) >= 11 is 0. The van der Waals surface area contributed by atoms with Crippen molar-refractivity contribution in [3.05, 3.63) is 64.9 Å². The molecule has 43 heavy (non-hydrogen) atoms. The van der Waals surface area contributed by atoms with E-state index in [1.807, 2.05) is 0 Å². The Morgan fingerprint density at radius 1 is 1.14 bits per heavy atom. The van der Waals surface area contributed by atoms with Crippen molar-refractivity contribution >= 4 is 29.1 Å². The minimum Gasteiger partial charge on any atom is -0.493 e. The normalized spacial score (nSPS) is 20.9. The molecule has 2 amide bonds. The van der Waals surface area contributed by atoms with Crippen LogP contribution in [0, 0.1) is 0 Å². The topological polar surface area (TPSA) is 148 Å². The van der Waals surface area contributed by atoms with Crippen molar-refractivity contribution < 1.29 is 56.4 Å². The second-order valence-corrected chi connectivity index (χ2v) is 9.94. The quantitative estimate of drug-likeness (QED) is 0.314. The third-order valence-corrected chi connectivity index (χ3v) is 7.32. The Morgan fingerprint density at radius 3 is 2.53 bits per heavy atom. The molecule has 0 fully saturated rings. The fraction of sp³-hybridized carbons (Fsp3) is 0.345. The molecule has 2 aliphatic rings. The molecular formula is C29H27F3N2O9. The Labute approximate surface area is 242 Å². The van der Waals surface area contributed by atoms with Gasteiger partial charge in [-0.25, -0.2) is 0 Å². The number of methoxy groups -OCH3 is 2. The highest BCUT2D eigenvalue weighted by Crippen LogP contribution is 2.51. The predicted molar refractivity (Wildman–Crippen MR) is 143 cm³/mol. The number of aliphatic hydroxyl groups is 2. The van der Waals surface area contributed by atoms with Crippen LogP contribution in [-0.4, -0.2) is 91.6 Å². The number of amides is 2. The standard InChI is InChI=1S/C29H27F3N2O9/c1-40-19-5-3-4-15-10-21(42-24(15)19)28(39)34(13-29(30,31)32)18-11-17(27(38)33-6-7-35)22-16-8-14(12-36)9-20(41-2)25(16)43-26(22)23(18)37/h3-5,8-12,18,22-23,26,35,37H,6-7,13H2,1-2H3,(H,33,38)/t18-,22+,23+,26+/m1/s1. The first-order chi connectivity index (χ1) is 20.5. The third kappa shape index (κ3) is 5.50. The predicted octanol–water partition coefficient (Wildman–Crippen LogP) is 2.59. The number of rotatable bonds is 9. The number of para-hydroxylation sites is 1. The van der Waals surface area contributed by atoms with Crippen LogP contribution in [0.3, 0.4) is 0 Å². The zero-order valence-corrected chi connectivity index (χ0v) is 22.9. The number of nitrogens with zero attached hydrogens (tertiary/aromatic N) is 1. The number of alkyl halides is 3. The molecule has 0 unspecified atom stereocenters. The highest BCUT2D eigenvalue weighted by Gasteiger charge is 2.53. The number of aldehydes is 1. The van der Waals surface area contributed by atoms with Crippen molar-refractivity contribution in [1.29, 1.82) is 0 Å². The van der Waals surface area contributed by atoms with Gasteiger partial charge < -0.3 is 39.1 Å². The van der Waals surface area contributed by atoms with Gasteiger partial charge in [-0.3, -0.25) is 14.4 Å². The Hall–Kier alpha value is -4.56. The highest BCUT2D eigenvalue weighted by molar-refractivity contribution is 5.99. The smallest absolute Gasteiger partial charge is 0.406 e. The van der Waals surface area contributed by atoms with Gasteiger partial charge in [-0.2, -0.15) is 13.2 Å². The van der Waals surface area contributed by atoms with Crippen molar-refractivity contribution in [3.8, 4) is 17.2 Å². The summed E-state index contributed by atoms with van der Waals surface area (Å²) in [5, 5.41) is 23.6.